The van der Waals surface area contributed by atoms with Crippen LogP contribution in [0.2, 0.25) is 0 Å². The number of amides is 1. The van der Waals surface area contributed by atoms with Crippen LogP contribution in [-0.4, -0.2) is 59.9 Å². The van der Waals surface area contributed by atoms with Crippen molar-refractivity contribution in [1.82, 2.24) is 14.5 Å². The number of ether oxygens (including phenoxy) is 3. The molecule has 0 spiro atoms. The molecule has 4 heterocycles. The quantitative estimate of drug-likeness (QED) is 0.651. The van der Waals surface area contributed by atoms with Gasteiger partial charge in [-0.15, -0.1) is 0 Å². The molecule has 0 bridgehead atoms. The highest BCUT2D eigenvalue weighted by Gasteiger charge is 2.36. The smallest absolute Gasteiger partial charge is 0.254 e. The van der Waals surface area contributed by atoms with Gasteiger partial charge >= 0.3 is 0 Å². The monoisotopic (exact) mass is 446 g/mol. The van der Waals surface area contributed by atoms with Crippen molar-refractivity contribution < 1.29 is 19.0 Å². The summed E-state index contributed by atoms with van der Waals surface area (Å²) in [5.74, 6) is 2.20. The molecule has 1 aromatic heterocycles. The molecule has 1 unspecified atom stereocenters. The number of imidazole rings is 1. The van der Waals surface area contributed by atoms with Gasteiger partial charge in [0.15, 0.2) is 11.5 Å². The van der Waals surface area contributed by atoms with Crippen molar-refractivity contribution in [3.05, 3.63) is 59.3 Å². The number of fused-ring (bicyclic) bond motifs is 4. The number of allylic oxidation sites excluding steroid dienone is 1. The summed E-state index contributed by atoms with van der Waals surface area (Å²) in [7, 11) is 0. The third kappa shape index (κ3) is 3.41. The van der Waals surface area contributed by atoms with E-state index >= 15 is 0 Å². The topological polar surface area (TPSA) is 77.8 Å². The lowest BCUT2D eigenvalue weighted by molar-refractivity contribution is -0.131. The summed E-state index contributed by atoms with van der Waals surface area (Å²) in [5.41, 5.74) is 4.33. The van der Waals surface area contributed by atoms with E-state index in [9.17, 15) is 4.79 Å². The Kier molecular flexibility index (Phi) is 4.95. The molecule has 8 heteroatoms. The van der Waals surface area contributed by atoms with Gasteiger partial charge in [0.2, 0.25) is 5.95 Å². The van der Waals surface area contributed by atoms with Crippen LogP contribution in [0.25, 0.3) is 11.0 Å². The molecule has 1 atom stereocenters. The molecule has 0 aliphatic carbocycles. The molecule has 1 amide bonds. The zero-order valence-electron chi connectivity index (χ0n) is 18.5. The molecule has 8 nitrogen and oxygen atoms in total. The summed E-state index contributed by atoms with van der Waals surface area (Å²) in [6.45, 7) is 5.47. The molecule has 2 aromatic carbocycles. The number of nitrogens with zero attached hydrogens (tertiary/aromatic N) is 3. The maximum Gasteiger partial charge on any atom is 0.254 e. The molecule has 33 heavy (non-hydrogen) atoms. The van der Waals surface area contributed by atoms with Crippen molar-refractivity contribution in [2.24, 2.45) is 0 Å². The van der Waals surface area contributed by atoms with Crippen LogP contribution in [0.3, 0.4) is 0 Å². The minimum absolute atomic E-state index is 0.0174. The lowest BCUT2D eigenvalue weighted by atomic mass is 9.93. The Morgan fingerprint density at radius 2 is 1.82 bits per heavy atom. The molecule has 0 saturated carbocycles. The third-order valence-corrected chi connectivity index (χ3v) is 6.45. The number of anilines is 1. The second-order valence-electron chi connectivity index (χ2n) is 8.52. The molecular weight excluding hydrogens is 420 g/mol. The molecule has 3 aliphatic rings. The first-order valence-electron chi connectivity index (χ1n) is 11.4. The Balaban J connectivity index is 1.53. The second kappa shape index (κ2) is 8.12. The van der Waals surface area contributed by atoms with Crippen LogP contribution in [0.4, 0.5) is 5.95 Å². The average molecular weight is 447 g/mol. The van der Waals surface area contributed by atoms with Crippen molar-refractivity contribution in [1.29, 1.82) is 0 Å². The molecular formula is C25H26N4O4. The fourth-order valence-corrected chi connectivity index (χ4v) is 4.84. The van der Waals surface area contributed by atoms with E-state index in [1.54, 1.807) is 0 Å². The maximum absolute atomic E-state index is 13.8. The van der Waals surface area contributed by atoms with Crippen LogP contribution in [0, 0.1) is 0 Å². The summed E-state index contributed by atoms with van der Waals surface area (Å²) in [6, 6.07) is 13.6. The first kappa shape index (κ1) is 20.1. The zero-order chi connectivity index (χ0) is 22.4. The predicted octanol–water partition coefficient (Wildman–Crippen LogP) is 3.35. The number of benzene rings is 2. The Labute approximate surface area is 191 Å². The number of para-hydroxylation sites is 2. The standard InChI is InChI=1S/C25H26N4O4/c1-16-22(24(30)28-9-13-31-14-10-28)23(17-7-8-20-21(15-17)33-12-4-11-32-20)29-19-6-3-2-5-18(19)27-25(29)26-16/h2-3,5-8,15,23H,4,9-14H2,1H3,(H,26,27). The van der Waals surface area contributed by atoms with Crippen LogP contribution < -0.4 is 14.8 Å². The van der Waals surface area contributed by atoms with Crippen LogP contribution in [0.5, 0.6) is 11.5 Å². The van der Waals surface area contributed by atoms with Crippen molar-refractivity contribution in [3.8, 4) is 11.5 Å². The van der Waals surface area contributed by atoms with Crippen molar-refractivity contribution in [2.45, 2.75) is 19.4 Å². The van der Waals surface area contributed by atoms with E-state index in [2.05, 4.69) is 9.88 Å². The lowest BCUT2D eigenvalue weighted by Crippen LogP contribution is -2.44. The maximum atomic E-state index is 13.8. The molecule has 0 radical (unpaired) electrons. The van der Waals surface area contributed by atoms with Crippen molar-refractivity contribution >= 4 is 22.9 Å². The van der Waals surface area contributed by atoms with Gasteiger partial charge in [-0.05, 0) is 36.8 Å². The average Bonchev–Trinajstić information content (AvgIpc) is 3.04. The summed E-state index contributed by atoms with van der Waals surface area (Å²) < 4.78 is 19.4. The van der Waals surface area contributed by atoms with Gasteiger partial charge in [0.25, 0.3) is 5.91 Å². The van der Waals surface area contributed by atoms with Gasteiger partial charge in [-0.3, -0.25) is 9.36 Å². The fraction of sp³-hybridized carbons (Fsp3) is 0.360. The van der Waals surface area contributed by atoms with E-state index in [-0.39, 0.29) is 11.9 Å². The van der Waals surface area contributed by atoms with Crippen molar-refractivity contribution in [2.75, 3.05) is 44.8 Å². The summed E-state index contributed by atoms with van der Waals surface area (Å²) in [4.78, 5) is 20.5. The Hall–Kier alpha value is -3.52. The molecule has 1 saturated heterocycles. The van der Waals surface area contributed by atoms with Crippen molar-refractivity contribution in [3.63, 3.8) is 0 Å². The molecule has 6 rings (SSSR count). The predicted molar refractivity (Wildman–Crippen MR) is 124 cm³/mol. The number of rotatable bonds is 2. The van der Waals surface area contributed by atoms with E-state index < -0.39 is 0 Å². The van der Waals surface area contributed by atoms with Gasteiger partial charge < -0.3 is 24.4 Å². The van der Waals surface area contributed by atoms with Gasteiger partial charge in [0, 0.05) is 25.2 Å². The number of hydrogen-bond acceptors (Lipinski definition) is 6. The first-order chi connectivity index (χ1) is 16.2. The number of aromatic nitrogens is 2. The number of hydrogen-bond donors (Lipinski definition) is 1. The van der Waals surface area contributed by atoms with E-state index in [0.29, 0.717) is 50.8 Å². The molecule has 170 valence electrons. The molecule has 1 N–H and O–H groups in total. The van der Waals surface area contributed by atoms with Gasteiger partial charge in [0.05, 0.1) is 49.1 Å². The normalized spacial score (nSPS) is 20.3. The third-order valence-electron chi connectivity index (χ3n) is 6.45. The summed E-state index contributed by atoms with van der Waals surface area (Å²) >= 11 is 0. The minimum atomic E-state index is -0.346. The summed E-state index contributed by atoms with van der Waals surface area (Å²) in [5, 5.41) is 3.39. The minimum Gasteiger partial charge on any atom is -0.490 e. The van der Waals surface area contributed by atoms with Gasteiger partial charge in [-0.25, -0.2) is 4.98 Å². The molecule has 1 fully saturated rings. The summed E-state index contributed by atoms with van der Waals surface area (Å²) in [6.07, 6.45) is 0.841. The molecule has 3 aliphatic heterocycles. The number of carbonyl (C=O) groups excluding carboxylic acids is 1. The Bertz CT molecular complexity index is 1260. The number of carbonyl (C=O) groups is 1. The van der Waals surface area contributed by atoms with Gasteiger partial charge in [-0.2, -0.15) is 0 Å². The van der Waals surface area contributed by atoms with Crippen LogP contribution in [0.1, 0.15) is 24.9 Å². The fourth-order valence-electron chi connectivity index (χ4n) is 4.84. The van der Waals surface area contributed by atoms with E-state index in [1.165, 1.54) is 0 Å². The van der Waals surface area contributed by atoms with Crippen LogP contribution in [-0.2, 0) is 9.53 Å². The number of nitrogens with one attached hydrogen (secondary N) is 1. The van der Waals surface area contributed by atoms with E-state index in [0.717, 1.165) is 40.4 Å². The van der Waals surface area contributed by atoms with Gasteiger partial charge in [-0.1, -0.05) is 18.2 Å². The highest BCUT2D eigenvalue weighted by Crippen LogP contribution is 2.42. The Morgan fingerprint density at radius 3 is 2.67 bits per heavy atom. The highest BCUT2D eigenvalue weighted by molar-refractivity contribution is 5.98. The SMILES string of the molecule is CC1=C(C(=O)N2CCOCC2)C(c2ccc3c(c2)OCCCO3)n2c(nc3ccccc32)N1. The molecule has 3 aromatic rings. The highest BCUT2D eigenvalue weighted by atomic mass is 16.5. The zero-order valence-corrected chi connectivity index (χ0v) is 18.5. The van der Waals surface area contributed by atoms with E-state index in [1.807, 2.05) is 54.3 Å². The van der Waals surface area contributed by atoms with Crippen LogP contribution >= 0.6 is 0 Å². The first-order valence-corrected chi connectivity index (χ1v) is 11.4. The largest absolute Gasteiger partial charge is 0.490 e. The van der Waals surface area contributed by atoms with E-state index in [4.69, 9.17) is 19.2 Å². The Morgan fingerprint density at radius 1 is 1.03 bits per heavy atom. The van der Waals surface area contributed by atoms with Gasteiger partial charge in [0.1, 0.15) is 0 Å². The second-order valence-corrected chi connectivity index (χ2v) is 8.52. The lowest BCUT2D eigenvalue weighted by Gasteiger charge is -2.35. The number of morpholine rings is 1. The van der Waals surface area contributed by atoms with Crippen LogP contribution in [0.15, 0.2) is 53.7 Å².